The van der Waals surface area contributed by atoms with Gasteiger partial charge in [-0.25, -0.2) is 0 Å². The molecule has 8 aliphatic rings. The first-order valence-electron chi connectivity index (χ1n) is 32.7. The Morgan fingerprint density at radius 2 is 0.918 bits per heavy atom. The van der Waals surface area contributed by atoms with Gasteiger partial charge >= 0.3 is 0 Å². The van der Waals surface area contributed by atoms with Gasteiger partial charge in [-0.15, -0.1) is 0 Å². The zero-order valence-electron chi connectivity index (χ0n) is 53.0. The summed E-state index contributed by atoms with van der Waals surface area (Å²) in [4.78, 5) is 0. The summed E-state index contributed by atoms with van der Waals surface area (Å²) in [6, 6.07) is 0. The van der Waals surface area contributed by atoms with E-state index < -0.39 is 155 Å². The first-order valence-corrected chi connectivity index (χ1v) is 32.7. The van der Waals surface area contributed by atoms with Crippen LogP contribution >= 0.6 is 0 Å². The fourth-order valence-corrected chi connectivity index (χ4v) is 18.8. The fraction of sp³-hybridized carbons (Fsp3) is 1.00. The molecule has 8 fully saturated rings. The third-order valence-corrected chi connectivity index (χ3v) is 23.3. The van der Waals surface area contributed by atoms with Crippen LogP contribution in [-0.4, -0.2) is 235 Å². The van der Waals surface area contributed by atoms with E-state index in [1.807, 2.05) is 0 Å². The largest absolute Gasteiger partial charge is 0.396 e. The van der Waals surface area contributed by atoms with E-state index in [0.29, 0.717) is 11.3 Å². The second kappa shape index (κ2) is 32.1. The highest BCUT2D eigenvalue weighted by Crippen LogP contribution is 2.69. The van der Waals surface area contributed by atoms with Crippen LogP contribution < -0.4 is 0 Å². The number of methoxy groups -OCH3 is 5. The van der Waals surface area contributed by atoms with Crippen molar-refractivity contribution in [1.29, 1.82) is 0 Å². The summed E-state index contributed by atoms with van der Waals surface area (Å²) in [7, 11) is 7.55. The smallest absolute Gasteiger partial charge is 0.185 e. The lowest BCUT2D eigenvalue weighted by molar-refractivity contribution is -0.381. The maximum atomic E-state index is 11.3. The highest BCUT2D eigenvalue weighted by molar-refractivity contribution is 5.10. The predicted octanol–water partition coefficient (Wildman–Crippen LogP) is 4.16. The molecule has 21 nitrogen and oxygen atoms in total. The molecule has 0 spiro atoms. The van der Waals surface area contributed by atoms with Crippen LogP contribution in [-0.2, 0) is 61.6 Å². The molecular formula is C64H114O21. The average molecular weight is 1220 g/mol. The standard InChI is InChI=1S/C64H114O21/c1-35(2)12-11-13-36(3)47-16-17-48-39-15-14-37-24-38(18-21-63(37,4)49(39)19-22-64(47,48)5)78-61-57(76-9)45(30-71)55(52(81-61)33-74-7)84-60-44(29-70)42(27-68)54(51(80-60)32-73-6)85-62-58(77-10)46(31-72)56(53(82-62)34-75-8)83-59-43(28-69)40(25-66)41(26-67)50(79-59)20-23-65/h35-62,65-72H,11-34H2,1-10H3/t36?,37?,38?,39?,40?,41?,42?,43?,44?,45?,46?,47?,48?,49?,50?,51?,52?,53?,54?,55?,56?,57?,58?,59?,60?,61?,62?,63-,64+/m0/s1. The minimum absolute atomic E-state index is 0.0540. The molecule has 4 saturated carbocycles. The Hall–Kier alpha value is -0.840. The molecule has 21 heteroatoms. The normalized spacial score (nSPS) is 46.2. The summed E-state index contributed by atoms with van der Waals surface area (Å²) < 4.78 is 83.3. The van der Waals surface area contributed by atoms with Crippen molar-refractivity contribution in [3.8, 4) is 0 Å². The lowest BCUT2D eigenvalue weighted by atomic mass is 9.44. The Balaban J connectivity index is 0.942. The summed E-state index contributed by atoms with van der Waals surface area (Å²) in [5.41, 5.74) is 0.700. The zero-order valence-corrected chi connectivity index (χ0v) is 53.0. The number of fused-ring (bicyclic) bond motifs is 5. The van der Waals surface area contributed by atoms with Crippen LogP contribution in [0.25, 0.3) is 0 Å². The summed E-state index contributed by atoms with van der Waals surface area (Å²) in [5, 5.41) is 86.4. The van der Waals surface area contributed by atoms with Crippen molar-refractivity contribution in [3.05, 3.63) is 0 Å². The van der Waals surface area contributed by atoms with Crippen molar-refractivity contribution in [2.45, 2.75) is 204 Å². The van der Waals surface area contributed by atoms with Crippen LogP contribution in [0.4, 0.5) is 0 Å². The Morgan fingerprint density at radius 1 is 0.447 bits per heavy atom. The quantitative estimate of drug-likeness (QED) is 0.0469. The van der Waals surface area contributed by atoms with Crippen molar-refractivity contribution in [2.24, 2.45) is 93.7 Å². The number of aliphatic hydroxyl groups is 8. The van der Waals surface area contributed by atoms with Crippen LogP contribution in [0.15, 0.2) is 0 Å². The molecule has 0 radical (unpaired) electrons. The van der Waals surface area contributed by atoms with Crippen molar-refractivity contribution in [1.82, 2.24) is 0 Å². The van der Waals surface area contributed by atoms with Gasteiger partial charge in [0.05, 0.1) is 76.8 Å². The van der Waals surface area contributed by atoms with Crippen molar-refractivity contribution in [3.63, 3.8) is 0 Å². The van der Waals surface area contributed by atoms with Crippen LogP contribution in [0.3, 0.4) is 0 Å². The van der Waals surface area contributed by atoms with Gasteiger partial charge in [0.25, 0.3) is 0 Å². The number of hydrogen-bond acceptors (Lipinski definition) is 21. The molecule has 0 aromatic rings. The Bertz CT molecular complexity index is 1940. The monoisotopic (exact) mass is 1220 g/mol. The van der Waals surface area contributed by atoms with E-state index in [1.54, 1.807) is 14.2 Å². The van der Waals surface area contributed by atoms with E-state index >= 15 is 0 Å². The number of rotatable bonds is 30. The van der Waals surface area contributed by atoms with Crippen molar-refractivity contribution >= 4 is 0 Å². The van der Waals surface area contributed by atoms with Gasteiger partial charge in [-0.05, 0) is 122 Å². The molecule has 4 heterocycles. The minimum atomic E-state index is -1.25. The first kappa shape index (κ1) is 70.0. The maximum absolute atomic E-state index is 11.3. The maximum Gasteiger partial charge on any atom is 0.185 e. The molecule has 8 N–H and O–H groups in total. The van der Waals surface area contributed by atoms with E-state index in [2.05, 4.69) is 34.6 Å². The molecule has 4 saturated heterocycles. The summed E-state index contributed by atoms with van der Waals surface area (Å²) >= 11 is 0. The molecule has 0 aromatic carbocycles. The summed E-state index contributed by atoms with van der Waals surface area (Å²) in [5.74, 6) is -0.149. The molecule has 4 aliphatic heterocycles. The van der Waals surface area contributed by atoms with Gasteiger partial charge in [0, 0.05) is 97.5 Å². The molecule has 0 amide bonds. The van der Waals surface area contributed by atoms with Gasteiger partial charge in [0.1, 0.15) is 30.5 Å². The van der Waals surface area contributed by atoms with Gasteiger partial charge in [-0.1, -0.05) is 53.9 Å². The van der Waals surface area contributed by atoms with E-state index in [1.165, 1.54) is 79.1 Å². The highest BCUT2D eigenvalue weighted by Gasteiger charge is 2.62. The van der Waals surface area contributed by atoms with Gasteiger partial charge in [-0.2, -0.15) is 0 Å². The molecule has 0 bridgehead atoms. The first-order chi connectivity index (χ1) is 41.0. The molecule has 4 aliphatic carbocycles. The molecule has 85 heavy (non-hydrogen) atoms. The molecular weight excluding hydrogens is 1100 g/mol. The van der Waals surface area contributed by atoms with Crippen LogP contribution in [0.1, 0.15) is 118 Å². The predicted molar refractivity (Wildman–Crippen MR) is 310 cm³/mol. The second-order valence-electron chi connectivity index (χ2n) is 27.9. The Labute approximate surface area is 507 Å². The topological polar surface area (TPSA) is 282 Å². The lowest BCUT2D eigenvalue weighted by Crippen LogP contribution is -2.65. The molecule has 8 rings (SSSR count). The average Bonchev–Trinajstić information content (AvgIpc) is 1.82. The van der Waals surface area contributed by atoms with Crippen LogP contribution in [0.5, 0.6) is 0 Å². The fourth-order valence-electron chi connectivity index (χ4n) is 18.8. The Morgan fingerprint density at radius 3 is 1.42 bits per heavy atom. The van der Waals surface area contributed by atoms with E-state index in [9.17, 15) is 40.9 Å². The summed E-state index contributed by atoms with van der Waals surface area (Å²) in [6.07, 6.45) is 2.44. The van der Waals surface area contributed by atoms with Crippen molar-refractivity contribution in [2.75, 3.05) is 108 Å². The van der Waals surface area contributed by atoms with Gasteiger partial charge in [0.2, 0.25) is 0 Å². The van der Waals surface area contributed by atoms with Crippen LogP contribution in [0.2, 0.25) is 0 Å². The number of aliphatic hydroxyl groups excluding tert-OH is 8. The van der Waals surface area contributed by atoms with E-state index in [4.69, 9.17) is 61.6 Å². The SMILES string of the molecule is COCC1OC(OC2C(COC)OC(OC3CC[C@@]4(C)C(CCC5C6CCC(C(C)CCCC(C)C)[C@@]6(C)CCC54)C3)C(OC)C2CO)C(CO)C(CO)C1OC1OC(COC)C(OC2OC(CCO)C(CO)C(CO)C2CO)C(CO)C1OC. The molecule has 27 unspecified atom stereocenters. The van der Waals surface area contributed by atoms with Crippen molar-refractivity contribution < 1.29 is 102 Å². The van der Waals surface area contributed by atoms with E-state index in [-0.39, 0.29) is 57.6 Å². The molecule has 29 atom stereocenters. The van der Waals surface area contributed by atoms with Gasteiger partial charge < -0.3 is 102 Å². The third-order valence-electron chi connectivity index (χ3n) is 23.3. The number of hydrogen-bond donors (Lipinski definition) is 8. The molecule has 496 valence electrons. The molecule has 0 aromatic heterocycles. The zero-order chi connectivity index (χ0) is 61.3. The minimum Gasteiger partial charge on any atom is -0.396 e. The Kier molecular flexibility index (Phi) is 26.5. The lowest BCUT2D eigenvalue weighted by Gasteiger charge is -2.61. The second-order valence-corrected chi connectivity index (χ2v) is 27.9. The van der Waals surface area contributed by atoms with E-state index in [0.717, 1.165) is 54.8 Å². The summed E-state index contributed by atoms with van der Waals surface area (Å²) in [6.45, 7) is 9.14. The van der Waals surface area contributed by atoms with Gasteiger partial charge in [0.15, 0.2) is 25.2 Å². The van der Waals surface area contributed by atoms with Crippen LogP contribution in [0, 0.1) is 93.7 Å². The highest BCUT2D eigenvalue weighted by atomic mass is 16.8. The van der Waals surface area contributed by atoms with Gasteiger partial charge in [-0.3, -0.25) is 0 Å². The number of ether oxygens (including phenoxy) is 13. The third kappa shape index (κ3) is 14.7.